The summed E-state index contributed by atoms with van der Waals surface area (Å²) in [4.78, 5) is 23.2. The molecule has 8 heteroatoms. The molecule has 0 amide bonds. The van der Waals surface area contributed by atoms with E-state index in [9.17, 15) is 18.0 Å². The molecule has 0 aliphatic heterocycles. The predicted octanol–water partition coefficient (Wildman–Crippen LogP) is 2.42. The number of methoxy groups -OCH3 is 2. The molecule has 0 aliphatic carbocycles. The number of hydrogen-bond donors (Lipinski definition) is 0. The zero-order valence-electron chi connectivity index (χ0n) is 13.9. The number of fused-ring (bicyclic) bond motifs is 1. The Labute approximate surface area is 148 Å². The number of hydrogen-bond acceptors (Lipinski definition) is 7. The summed E-state index contributed by atoms with van der Waals surface area (Å²) in [5.74, 6) is -0.102. The summed E-state index contributed by atoms with van der Waals surface area (Å²) in [7, 11) is -1.41. The van der Waals surface area contributed by atoms with E-state index in [2.05, 4.69) is 4.74 Å². The van der Waals surface area contributed by atoms with Gasteiger partial charge in [-0.1, -0.05) is 0 Å². The fraction of sp³-hybridized carbons (Fsp3) is 0.111. The van der Waals surface area contributed by atoms with Crippen molar-refractivity contribution in [2.45, 2.75) is 9.79 Å². The number of sulfone groups is 1. The highest BCUT2D eigenvalue weighted by Gasteiger charge is 2.23. The Kier molecular flexibility index (Phi) is 4.52. The van der Waals surface area contributed by atoms with Crippen LogP contribution < -0.4 is 10.4 Å². The van der Waals surface area contributed by atoms with E-state index in [1.54, 1.807) is 0 Å². The summed E-state index contributed by atoms with van der Waals surface area (Å²) in [6, 6.07) is 11.0. The number of rotatable bonds is 4. The second-order valence-electron chi connectivity index (χ2n) is 5.32. The van der Waals surface area contributed by atoms with E-state index < -0.39 is 26.3 Å². The van der Waals surface area contributed by atoms with Gasteiger partial charge in [-0.2, -0.15) is 0 Å². The van der Waals surface area contributed by atoms with E-state index in [4.69, 9.17) is 9.15 Å². The highest BCUT2D eigenvalue weighted by atomic mass is 32.2. The average Bonchev–Trinajstić information content (AvgIpc) is 2.66. The van der Waals surface area contributed by atoms with E-state index in [1.165, 1.54) is 62.8 Å². The van der Waals surface area contributed by atoms with Crippen LogP contribution in [0, 0.1) is 0 Å². The molecule has 7 nitrogen and oxygen atoms in total. The van der Waals surface area contributed by atoms with Crippen molar-refractivity contribution < 1.29 is 27.1 Å². The quantitative estimate of drug-likeness (QED) is 0.511. The first-order chi connectivity index (χ1) is 12.4. The second kappa shape index (κ2) is 6.64. The summed E-state index contributed by atoms with van der Waals surface area (Å²) in [5, 5.41) is 0.291. The van der Waals surface area contributed by atoms with Gasteiger partial charge in [0.1, 0.15) is 11.3 Å². The van der Waals surface area contributed by atoms with Gasteiger partial charge < -0.3 is 13.9 Å². The molecule has 2 aromatic carbocycles. The Morgan fingerprint density at radius 1 is 1.00 bits per heavy atom. The number of carbonyl (C=O) groups is 1. The van der Waals surface area contributed by atoms with E-state index in [1.807, 2.05) is 0 Å². The van der Waals surface area contributed by atoms with Crippen LogP contribution in [-0.4, -0.2) is 28.6 Å². The molecule has 0 bridgehead atoms. The van der Waals surface area contributed by atoms with Crippen molar-refractivity contribution in [2.24, 2.45) is 0 Å². The summed E-state index contributed by atoms with van der Waals surface area (Å²) in [5.41, 5.74) is -0.614. The van der Waals surface area contributed by atoms with Gasteiger partial charge in [-0.15, -0.1) is 0 Å². The first-order valence-electron chi connectivity index (χ1n) is 7.42. The third-order valence-electron chi connectivity index (χ3n) is 3.78. The number of benzene rings is 2. The fourth-order valence-corrected chi connectivity index (χ4v) is 3.71. The molecule has 26 heavy (non-hydrogen) atoms. The maximum atomic E-state index is 12.8. The summed E-state index contributed by atoms with van der Waals surface area (Å²) in [6.07, 6.45) is 0. The normalized spacial score (nSPS) is 11.3. The molecular formula is C18H14O7S. The van der Waals surface area contributed by atoms with Crippen LogP contribution in [0.1, 0.15) is 10.4 Å². The summed E-state index contributed by atoms with van der Waals surface area (Å²) in [6.45, 7) is 0. The maximum absolute atomic E-state index is 12.8. The van der Waals surface area contributed by atoms with Gasteiger partial charge in [-0.05, 0) is 48.5 Å². The second-order valence-corrected chi connectivity index (χ2v) is 7.24. The van der Waals surface area contributed by atoms with Crippen LogP contribution in [0.3, 0.4) is 0 Å². The summed E-state index contributed by atoms with van der Waals surface area (Å²) < 4.78 is 40.3. The SMILES string of the molecule is COC(=O)c1ccc2oc(=O)c(S(=O)(=O)c3ccc(OC)cc3)cc2c1. The van der Waals surface area contributed by atoms with Crippen molar-refractivity contribution in [3.05, 3.63) is 64.5 Å². The number of ether oxygens (including phenoxy) is 2. The highest BCUT2D eigenvalue weighted by Crippen LogP contribution is 2.24. The van der Waals surface area contributed by atoms with Gasteiger partial charge in [0.15, 0.2) is 4.90 Å². The van der Waals surface area contributed by atoms with Crippen molar-refractivity contribution in [2.75, 3.05) is 14.2 Å². The lowest BCUT2D eigenvalue weighted by molar-refractivity contribution is 0.0601. The lowest BCUT2D eigenvalue weighted by Crippen LogP contribution is -2.14. The number of esters is 1. The van der Waals surface area contributed by atoms with E-state index >= 15 is 0 Å². The molecule has 0 saturated heterocycles. The van der Waals surface area contributed by atoms with Gasteiger partial charge in [0, 0.05) is 5.39 Å². The highest BCUT2D eigenvalue weighted by molar-refractivity contribution is 7.91. The Morgan fingerprint density at radius 2 is 1.69 bits per heavy atom. The Hall–Kier alpha value is -3.13. The maximum Gasteiger partial charge on any atom is 0.355 e. The van der Waals surface area contributed by atoms with Gasteiger partial charge in [0.2, 0.25) is 9.84 Å². The molecule has 0 fully saturated rings. The molecule has 3 rings (SSSR count). The van der Waals surface area contributed by atoms with Gasteiger partial charge in [-0.25, -0.2) is 18.0 Å². The van der Waals surface area contributed by atoms with Gasteiger partial charge >= 0.3 is 11.6 Å². The molecule has 0 aliphatic rings. The van der Waals surface area contributed by atoms with Crippen molar-refractivity contribution in [3.8, 4) is 5.75 Å². The largest absolute Gasteiger partial charge is 0.497 e. The smallest absolute Gasteiger partial charge is 0.355 e. The third-order valence-corrected chi connectivity index (χ3v) is 5.54. The molecule has 0 N–H and O–H groups in total. The topological polar surface area (TPSA) is 99.9 Å². The molecule has 1 heterocycles. The van der Waals surface area contributed by atoms with Gasteiger partial charge in [0.25, 0.3) is 0 Å². The zero-order chi connectivity index (χ0) is 18.9. The minimum absolute atomic E-state index is 0.0749. The van der Waals surface area contributed by atoms with Crippen LogP contribution in [0.4, 0.5) is 0 Å². The predicted molar refractivity (Wildman–Crippen MR) is 92.3 cm³/mol. The van der Waals surface area contributed by atoms with Crippen molar-refractivity contribution in [1.82, 2.24) is 0 Å². The van der Waals surface area contributed by atoms with Crippen LogP contribution in [-0.2, 0) is 14.6 Å². The molecular weight excluding hydrogens is 360 g/mol. The van der Waals surface area contributed by atoms with Crippen LogP contribution in [0.25, 0.3) is 11.0 Å². The zero-order valence-corrected chi connectivity index (χ0v) is 14.7. The van der Waals surface area contributed by atoms with Crippen LogP contribution >= 0.6 is 0 Å². The molecule has 3 aromatic rings. The average molecular weight is 374 g/mol. The van der Waals surface area contributed by atoms with Gasteiger partial charge in [-0.3, -0.25) is 0 Å². The Morgan fingerprint density at radius 3 is 2.31 bits per heavy atom. The minimum Gasteiger partial charge on any atom is -0.497 e. The first-order valence-corrected chi connectivity index (χ1v) is 8.90. The Bertz CT molecular complexity index is 1140. The molecule has 0 radical (unpaired) electrons. The lowest BCUT2D eigenvalue weighted by Gasteiger charge is -2.06. The van der Waals surface area contributed by atoms with E-state index in [-0.39, 0.29) is 16.0 Å². The van der Waals surface area contributed by atoms with E-state index in [0.717, 1.165) is 0 Å². The fourth-order valence-electron chi connectivity index (χ4n) is 2.42. The van der Waals surface area contributed by atoms with Crippen LogP contribution in [0.2, 0.25) is 0 Å². The minimum atomic E-state index is -4.10. The van der Waals surface area contributed by atoms with E-state index in [0.29, 0.717) is 11.1 Å². The van der Waals surface area contributed by atoms with Crippen molar-refractivity contribution in [3.63, 3.8) is 0 Å². The summed E-state index contributed by atoms with van der Waals surface area (Å²) >= 11 is 0. The monoisotopic (exact) mass is 374 g/mol. The van der Waals surface area contributed by atoms with Crippen LogP contribution in [0.15, 0.2) is 67.5 Å². The molecule has 0 saturated carbocycles. The van der Waals surface area contributed by atoms with Crippen LogP contribution in [0.5, 0.6) is 5.75 Å². The first kappa shape index (κ1) is 17.7. The molecule has 0 spiro atoms. The number of carbonyl (C=O) groups excluding carboxylic acids is 1. The molecule has 1 aromatic heterocycles. The van der Waals surface area contributed by atoms with Crippen molar-refractivity contribution in [1.29, 1.82) is 0 Å². The molecule has 0 unspecified atom stereocenters. The standard InChI is InChI=1S/C18H14O7S/c1-23-13-4-6-14(7-5-13)26(21,22)16-10-12-9-11(17(19)24-2)3-8-15(12)25-18(16)20/h3-10H,1-2H3. The van der Waals surface area contributed by atoms with Gasteiger partial charge in [0.05, 0.1) is 24.7 Å². The van der Waals surface area contributed by atoms with Crippen molar-refractivity contribution >= 4 is 26.8 Å². The molecule has 134 valence electrons. The third kappa shape index (κ3) is 3.06. The Balaban J connectivity index is 2.17. The lowest BCUT2D eigenvalue weighted by atomic mass is 10.1. The molecule has 0 atom stereocenters.